The normalized spacial score (nSPS) is 25.2. The van der Waals surface area contributed by atoms with Crippen LogP contribution in [0.2, 0.25) is 0 Å². The third-order valence-corrected chi connectivity index (χ3v) is 5.36. The van der Waals surface area contributed by atoms with E-state index in [1.165, 1.54) is 12.8 Å². The first-order valence-electron chi connectivity index (χ1n) is 9.13. The van der Waals surface area contributed by atoms with E-state index in [1.54, 1.807) is 6.92 Å². The molecule has 0 aromatic carbocycles. The Hall–Kier alpha value is -1.14. The quantitative estimate of drug-likeness (QED) is 0.808. The van der Waals surface area contributed by atoms with Crippen molar-refractivity contribution in [1.29, 1.82) is 0 Å². The van der Waals surface area contributed by atoms with E-state index >= 15 is 0 Å². The molecule has 3 aliphatic rings. The van der Waals surface area contributed by atoms with Crippen molar-refractivity contribution < 1.29 is 9.59 Å². The zero-order valence-corrected chi connectivity index (χ0v) is 14.3. The monoisotopic (exact) mass is 322 g/mol. The summed E-state index contributed by atoms with van der Waals surface area (Å²) in [5, 5.41) is 3.21. The Bertz CT molecular complexity index is 430. The molecule has 0 radical (unpaired) electrons. The van der Waals surface area contributed by atoms with Crippen molar-refractivity contribution in [1.82, 2.24) is 20.0 Å². The Labute approximate surface area is 139 Å². The third kappa shape index (κ3) is 4.91. The predicted octanol–water partition coefficient (Wildman–Crippen LogP) is 0.284. The maximum absolute atomic E-state index is 12.3. The summed E-state index contributed by atoms with van der Waals surface area (Å²) in [4.78, 5) is 30.4. The highest BCUT2D eigenvalue weighted by Crippen LogP contribution is 2.29. The van der Waals surface area contributed by atoms with Gasteiger partial charge in [-0.05, 0) is 32.1 Å². The lowest BCUT2D eigenvalue weighted by molar-refractivity contribution is -0.128. The van der Waals surface area contributed by atoms with Crippen molar-refractivity contribution in [2.75, 3.05) is 45.8 Å². The molecule has 2 saturated heterocycles. The molecule has 3 fully saturated rings. The van der Waals surface area contributed by atoms with Gasteiger partial charge in [-0.15, -0.1) is 0 Å². The van der Waals surface area contributed by atoms with Gasteiger partial charge >= 0.3 is 0 Å². The van der Waals surface area contributed by atoms with Crippen LogP contribution in [0.15, 0.2) is 0 Å². The largest absolute Gasteiger partial charge is 0.352 e. The summed E-state index contributed by atoms with van der Waals surface area (Å²) in [5.74, 6) is 0.282. The van der Waals surface area contributed by atoms with Crippen LogP contribution in [0, 0.1) is 0 Å². The van der Waals surface area contributed by atoms with Crippen LogP contribution in [0.3, 0.4) is 0 Å². The van der Waals surface area contributed by atoms with Gasteiger partial charge in [0.1, 0.15) is 0 Å². The molecule has 0 bridgehead atoms. The number of piperidine rings is 1. The highest BCUT2D eigenvalue weighted by molar-refractivity contribution is 5.78. The van der Waals surface area contributed by atoms with Gasteiger partial charge in [-0.25, -0.2) is 0 Å². The van der Waals surface area contributed by atoms with Crippen molar-refractivity contribution in [3.05, 3.63) is 0 Å². The predicted molar refractivity (Wildman–Crippen MR) is 89.1 cm³/mol. The Morgan fingerprint density at radius 1 is 0.957 bits per heavy atom. The second-order valence-corrected chi connectivity index (χ2v) is 7.24. The van der Waals surface area contributed by atoms with Gasteiger partial charge in [0.25, 0.3) is 0 Å². The number of rotatable bonds is 4. The Kier molecular flexibility index (Phi) is 5.54. The number of carbonyl (C=O) groups excluding carboxylic acids is 2. The first-order chi connectivity index (χ1) is 11.1. The molecule has 0 atom stereocenters. The molecule has 3 rings (SSSR count). The van der Waals surface area contributed by atoms with Gasteiger partial charge in [0.15, 0.2) is 0 Å². The van der Waals surface area contributed by atoms with Crippen molar-refractivity contribution in [2.24, 2.45) is 0 Å². The summed E-state index contributed by atoms with van der Waals surface area (Å²) in [6.45, 7) is 7.60. The van der Waals surface area contributed by atoms with Gasteiger partial charge in [-0.2, -0.15) is 0 Å². The zero-order valence-electron chi connectivity index (χ0n) is 14.3. The molecule has 0 aromatic heterocycles. The van der Waals surface area contributed by atoms with E-state index < -0.39 is 0 Å². The number of carbonyl (C=O) groups is 2. The standard InChI is InChI=1S/C17H30N4O2/c1-14(22)20-8-2-7-19(11-12-20)13-17(23)18-15-5-9-21(10-6-15)16-3-4-16/h15-16H,2-13H2,1H3,(H,18,23). The van der Waals surface area contributed by atoms with E-state index in [0.717, 1.165) is 64.6 Å². The lowest BCUT2D eigenvalue weighted by Gasteiger charge is -2.32. The summed E-state index contributed by atoms with van der Waals surface area (Å²) < 4.78 is 0. The molecule has 6 heteroatoms. The van der Waals surface area contributed by atoms with Crippen LogP contribution in [0.5, 0.6) is 0 Å². The van der Waals surface area contributed by atoms with Crippen LogP contribution in [-0.2, 0) is 9.59 Å². The average Bonchev–Trinajstić information content (AvgIpc) is 3.35. The molecular formula is C17H30N4O2. The number of nitrogens with zero attached hydrogens (tertiary/aromatic N) is 3. The molecule has 0 unspecified atom stereocenters. The van der Waals surface area contributed by atoms with Gasteiger partial charge in [0.05, 0.1) is 6.54 Å². The van der Waals surface area contributed by atoms with Gasteiger partial charge in [-0.3, -0.25) is 14.5 Å². The topological polar surface area (TPSA) is 55.9 Å². The lowest BCUT2D eigenvalue weighted by Crippen LogP contribution is -2.48. The van der Waals surface area contributed by atoms with Crippen LogP contribution in [-0.4, -0.2) is 84.4 Å². The second-order valence-electron chi connectivity index (χ2n) is 7.24. The second kappa shape index (κ2) is 7.62. The minimum absolute atomic E-state index is 0.138. The molecule has 2 amide bonds. The molecule has 1 saturated carbocycles. The number of hydrogen-bond donors (Lipinski definition) is 1. The SMILES string of the molecule is CC(=O)N1CCCN(CC(=O)NC2CCN(C3CC3)CC2)CC1. The summed E-state index contributed by atoms with van der Waals surface area (Å²) in [7, 11) is 0. The molecule has 0 spiro atoms. The summed E-state index contributed by atoms with van der Waals surface area (Å²) >= 11 is 0. The van der Waals surface area contributed by atoms with Crippen molar-refractivity contribution >= 4 is 11.8 Å². The van der Waals surface area contributed by atoms with Crippen molar-refractivity contribution in [3.63, 3.8) is 0 Å². The molecule has 23 heavy (non-hydrogen) atoms. The fraction of sp³-hybridized carbons (Fsp3) is 0.882. The Morgan fingerprint density at radius 3 is 2.35 bits per heavy atom. The molecule has 2 heterocycles. The number of amides is 2. The maximum Gasteiger partial charge on any atom is 0.234 e. The van der Waals surface area contributed by atoms with E-state index in [-0.39, 0.29) is 11.8 Å². The smallest absolute Gasteiger partial charge is 0.234 e. The van der Waals surface area contributed by atoms with Gasteiger partial charge in [0.2, 0.25) is 11.8 Å². The molecule has 2 aliphatic heterocycles. The van der Waals surface area contributed by atoms with E-state index in [2.05, 4.69) is 15.1 Å². The van der Waals surface area contributed by atoms with Gasteiger partial charge in [0, 0.05) is 58.3 Å². The first-order valence-corrected chi connectivity index (χ1v) is 9.13. The van der Waals surface area contributed by atoms with Crippen molar-refractivity contribution in [2.45, 2.75) is 51.1 Å². The van der Waals surface area contributed by atoms with Gasteiger partial charge in [-0.1, -0.05) is 0 Å². The van der Waals surface area contributed by atoms with Crippen LogP contribution < -0.4 is 5.32 Å². The number of likely N-dealkylation sites (tertiary alicyclic amines) is 1. The van der Waals surface area contributed by atoms with Crippen molar-refractivity contribution in [3.8, 4) is 0 Å². The number of nitrogens with one attached hydrogen (secondary N) is 1. The number of hydrogen-bond acceptors (Lipinski definition) is 4. The zero-order chi connectivity index (χ0) is 16.2. The van der Waals surface area contributed by atoms with E-state index in [1.807, 2.05) is 4.90 Å². The van der Waals surface area contributed by atoms with E-state index in [9.17, 15) is 9.59 Å². The molecule has 1 aliphatic carbocycles. The summed E-state index contributed by atoms with van der Waals surface area (Å²) in [5.41, 5.74) is 0. The average molecular weight is 322 g/mol. The summed E-state index contributed by atoms with van der Waals surface area (Å²) in [6.07, 6.45) is 5.85. The molecule has 6 nitrogen and oxygen atoms in total. The maximum atomic E-state index is 12.3. The van der Waals surface area contributed by atoms with Crippen LogP contribution in [0.1, 0.15) is 39.0 Å². The molecule has 0 aromatic rings. The van der Waals surface area contributed by atoms with Crippen LogP contribution >= 0.6 is 0 Å². The molecule has 1 N–H and O–H groups in total. The fourth-order valence-corrected chi connectivity index (χ4v) is 3.77. The summed E-state index contributed by atoms with van der Waals surface area (Å²) in [6, 6.07) is 1.19. The highest BCUT2D eigenvalue weighted by atomic mass is 16.2. The van der Waals surface area contributed by atoms with Gasteiger partial charge < -0.3 is 15.1 Å². The fourth-order valence-electron chi connectivity index (χ4n) is 3.77. The molecule has 130 valence electrons. The van der Waals surface area contributed by atoms with E-state index in [0.29, 0.717) is 12.6 Å². The Morgan fingerprint density at radius 2 is 1.70 bits per heavy atom. The minimum atomic E-state index is 0.138. The minimum Gasteiger partial charge on any atom is -0.352 e. The van der Waals surface area contributed by atoms with Crippen LogP contribution in [0.25, 0.3) is 0 Å². The van der Waals surface area contributed by atoms with Crippen LogP contribution in [0.4, 0.5) is 0 Å². The Balaban J connectivity index is 1.36. The highest BCUT2D eigenvalue weighted by Gasteiger charge is 2.32. The lowest BCUT2D eigenvalue weighted by atomic mass is 10.0. The molecular weight excluding hydrogens is 292 g/mol. The van der Waals surface area contributed by atoms with E-state index in [4.69, 9.17) is 0 Å². The third-order valence-electron chi connectivity index (χ3n) is 5.36. The first kappa shape index (κ1) is 16.7.